The van der Waals surface area contributed by atoms with Crippen LogP contribution in [0.25, 0.3) is 0 Å². The first-order chi connectivity index (χ1) is 9.31. The van der Waals surface area contributed by atoms with Gasteiger partial charge in [0.05, 0.1) is 0 Å². The van der Waals surface area contributed by atoms with Crippen molar-refractivity contribution in [2.75, 3.05) is 26.2 Å². The molecule has 0 bridgehead atoms. The van der Waals surface area contributed by atoms with Gasteiger partial charge in [0.1, 0.15) is 0 Å². The third-order valence-corrected chi connectivity index (χ3v) is 5.83. The highest BCUT2D eigenvalue weighted by molar-refractivity contribution is 4.87. The molecule has 3 fully saturated rings. The van der Waals surface area contributed by atoms with Crippen LogP contribution in [0.5, 0.6) is 0 Å². The topological polar surface area (TPSA) is 15.3 Å². The molecule has 0 aromatic heterocycles. The van der Waals surface area contributed by atoms with Crippen molar-refractivity contribution in [2.45, 2.75) is 64.3 Å². The first kappa shape index (κ1) is 13.9. The molecule has 1 heterocycles. The van der Waals surface area contributed by atoms with Crippen molar-refractivity contribution in [3.05, 3.63) is 0 Å². The number of rotatable bonds is 3. The maximum absolute atomic E-state index is 3.81. The van der Waals surface area contributed by atoms with Crippen LogP contribution in [0.2, 0.25) is 0 Å². The minimum Gasteiger partial charge on any atom is -0.311 e. The molecule has 2 nitrogen and oxygen atoms in total. The smallest absolute Gasteiger partial charge is 0.0223 e. The molecule has 1 saturated heterocycles. The predicted molar refractivity (Wildman–Crippen MR) is 81.3 cm³/mol. The highest BCUT2D eigenvalue weighted by Crippen LogP contribution is 2.32. The second-order valence-electron chi connectivity index (χ2n) is 7.50. The van der Waals surface area contributed by atoms with E-state index in [0.29, 0.717) is 0 Å². The molecule has 1 N–H and O–H groups in total. The fraction of sp³-hybridized carbons (Fsp3) is 1.00. The zero-order valence-corrected chi connectivity index (χ0v) is 12.7. The summed E-state index contributed by atoms with van der Waals surface area (Å²) >= 11 is 0. The van der Waals surface area contributed by atoms with Crippen molar-refractivity contribution < 1.29 is 0 Å². The zero-order valence-electron chi connectivity index (χ0n) is 12.7. The predicted octanol–water partition coefficient (Wildman–Crippen LogP) is 3.28. The van der Waals surface area contributed by atoms with E-state index in [1.807, 2.05) is 0 Å². The molecule has 2 heteroatoms. The lowest BCUT2D eigenvalue weighted by Crippen LogP contribution is -2.54. The standard InChI is InChI=1S/C17H32N2/c1-14-7-8-15(11-14)12-19-10-9-18-17(13-19)16-5-3-2-4-6-16/h14-18H,2-13H2,1H3. The van der Waals surface area contributed by atoms with Gasteiger partial charge in [-0.1, -0.05) is 32.6 Å². The summed E-state index contributed by atoms with van der Waals surface area (Å²) in [6.07, 6.45) is 11.8. The van der Waals surface area contributed by atoms with E-state index in [1.54, 1.807) is 0 Å². The van der Waals surface area contributed by atoms with Gasteiger partial charge in [0.2, 0.25) is 0 Å². The van der Waals surface area contributed by atoms with Gasteiger partial charge in [0, 0.05) is 32.2 Å². The van der Waals surface area contributed by atoms with Crippen LogP contribution < -0.4 is 5.32 Å². The van der Waals surface area contributed by atoms with E-state index in [1.165, 1.54) is 77.5 Å². The Morgan fingerprint density at radius 3 is 2.63 bits per heavy atom. The monoisotopic (exact) mass is 264 g/mol. The lowest BCUT2D eigenvalue weighted by Gasteiger charge is -2.40. The zero-order chi connectivity index (χ0) is 13.1. The minimum absolute atomic E-state index is 0.799. The number of nitrogens with zero attached hydrogens (tertiary/aromatic N) is 1. The van der Waals surface area contributed by atoms with Crippen LogP contribution in [-0.2, 0) is 0 Å². The van der Waals surface area contributed by atoms with Crippen molar-refractivity contribution in [1.82, 2.24) is 10.2 Å². The third kappa shape index (κ3) is 3.72. The van der Waals surface area contributed by atoms with Crippen LogP contribution in [0.1, 0.15) is 58.3 Å². The molecule has 0 spiro atoms. The van der Waals surface area contributed by atoms with E-state index in [-0.39, 0.29) is 0 Å². The Morgan fingerprint density at radius 1 is 1.05 bits per heavy atom. The second kappa shape index (κ2) is 6.58. The Balaban J connectivity index is 1.47. The van der Waals surface area contributed by atoms with Gasteiger partial charge in [-0.2, -0.15) is 0 Å². The second-order valence-corrected chi connectivity index (χ2v) is 7.50. The maximum atomic E-state index is 3.81. The Hall–Kier alpha value is -0.0800. The molecule has 3 atom stereocenters. The number of hydrogen-bond acceptors (Lipinski definition) is 2. The number of piperazine rings is 1. The maximum Gasteiger partial charge on any atom is 0.0223 e. The SMILES string of the molecule is CC1CCC(CN2CCNC(C3CCCCC3)C2)C1. The molecule has 1 aliphatic heterocycles. The minimum atomic E-state index is 0.799. The van der Waals surface area contributed by atoms with Gasteiger partial charge in [-0.3, -0.25) is 0 Å². The summed E-state index contributed by atoms with van der Waals surface area (Å²) < 4.78 is 0. The summed E-state index contributed by atoms with van der Waals surface area (Å²) in [5, 5.41) is 3.81. The first-order valence-corrected chi connectivity index (χ1v) is 8.77. The van der Waals surface area contributed by atoms with Gasteiger partial charge in [-0.25, -0.2) is 0 Å². The Morgan fingerprint density at radius 2 is 1.89 bits per heavy atom. The van der Waals surface area contributed by atoms with Gasteiger partial charge in [-0.15, -0.1) is 0 Å². The third-order valence-electron chi connectivity index (χ3n) is 5.83. The summed E-state index contributed by atoms with van der Waals surface area (Å²) in [6.45, 7) is 7.66. The van der Waals surface area contributed by atoms with Crippen molar-refractivity contribution in [2.24, 2.45) is 17.8 Å². The molecule has 0 radical (unpaired) electrons. The Labute approximate surface area is 119 Å². The number of hydrogen-bond donors (Lipinski definition) is 1. The molecule has 0 aromatic carbocycles. The van der Waals surface area contributed by atoms with Crippen LogP contribution in [0, 0.1) is 17.8 Å². The lowest BCUT2D eigenvalue weighted by atomic mass is 9.83. The Kier molecular flexibility index (Phi) is 4.81. The lowest BCUT2D eigenvalue weighted by molar-refractivity contribution is 0.130. The van der Waals surface area contributed by atoms with Gasteiger partial charge in [-0.05, 0) is 43.4 Å². The highest BCUT2D eigenvalue weighted by Gasteiger charge is 2.30. The van der Waals surface area contributed by atoms with Gasteiger partial charge in [0.15, 0.2) is 0 Å². The molecule has 3 rings (SSSR count). The van der Waals surface area contributed by atoms with E-state index >= 15 is 0 Å². The van der Waals surface area contributed by atoms with Crippen molar-refractivity contribution in [1.29, 1.82) is 0 Å². The van der Waals surface area contributed by atoms with Gasteiger partial charge >= 0.3 is 0 Å². The summed E-state index contributed by atoms with van der Waals surface area (Å²) in [5.41, 5.74) is 0. The van der Waals surface area contributed by atoms with Gasteiger partial charge in [0.25, 0.3) is 0 Å². The molecule has 0 aromatic rings. The molecule has 19 heavy (non-hydrogen) atoms. The quantitative estimate of drug-likeness (QED) is 0.841. The highest BCUT2D eigenvalue weighted by atomic mass is 15.2. The van der Waals surface area contributed by atoms with Crippen LogP contribution in [-0.4, -0.2) is 37.1 Å². The summed E-state index contributed by atoms with van der Waals surface area (Å²) in [7, 11) is 0. The average Bonchev–Trinajstić information content (AvgIpc) is 2.85. The summed E-state index contributed by atoms with van der Waals surface area (Å²) in [5.74, 6) is 2.96. The molecule has 3 unspecified atom stereocenters. The van der Waals surface area contributed by atoms with Gasteiger partial charge < -0.3 is 10.2 Å². The fourth-order valence-electron chi connectivity index (χ4n) is 4.72. The van der Waals surface area contributed by atoms with Crippen LogP contribution in [0.3, 0.4) is 0 Å². The molecular weight excluding hydrogens is 232 g/mol. The van der Waals surface area contributed by atoms with Crippen LogP contribution >= 0.6 is 0 Å². The van der Waals surface area contributed by atoms with Crippen LogP contribution in [0.4, 0.5) is 0 Å². The van der Waals surface area contributed by atoms with E-state index in [0.717, 1.165) is 23.8 Å². The molecular formula is C17H32N2. The first-order valence-electron chi connectivity index (χ1n) is 8.77. The van der Waals surface area contributed by atoms with E-state index in [2.05, 4.69) is 17.1 Å². The van der Waals surface area contributed by atoms with Crippen molar-refractivity contribution in [3.63, 3.8) is 0 Å². The molecule has 3 aliphatic rings. The van der Waals surface area contributed by atoms with Crippen molar-refractivity contribution in [3.8, 4) is 0 Å². The van der Waals surface area contributed by atoms with E-state index in [9.17, 15) is 0 Å². The Bertz CT molecular complexity index is 272. The summed E-state index contributed by atoms with van der Waals surface area (Å²) in [6, 6.07) is 0.799. The molecule has 2 aliphatic carbocycles. The van der Waals surface area contributed by atoms with E-state index < -0.39 is 0 Å². The van der Waals surface area contributed by atoms with Crippen LogP contribution in [0.15, 0.2) is 0 Å². The van der Waals surface area contributed by atoms with E-state index in [4.69, 9.17) is 0 Å². The molecule has 0 amide bonds. The average molecular weight is 264 g/mol. The normalized spacial score (nSPS) is 38.7. The summed E-state index contributed by atoms with van der Waals surface area (Å²) in [4.78, 5) is 2.78. The largest absolute Gasteiger partial charge is 0.311 e. The van der Waals surface area contributed by atoms with Crippen molar-refractivity contribution >= 4 is 0 Å². The molecule has 2 saturated carbocycles. The fourth-order valence-corrected chi connectivity index (χ4v) is 4.72. The molecule has 110 valence electrons. The number of nitrogens with one attached hydrogen (secondary N) is 1.